The Kier molecular flexibility index (Phi) is 11.8. The first-order chi connectivity index (χ1) is 14.2. The van der Waals surface area contributed by atoms with Gasteiger partial charge in [-0.15, -0.1) is 0 Å². The lowest BCUT2D eigenvalue weighted by molar-refractivity contribution is -0.735. The van der Waals surface area contributed by atoms with Gasteiger partial charge in [-0.2, -0.15) is 0 Å². The smallest absolute Gasteiger partial charge is 0.241 e. The number of hydrogen-bond acceptors (Lipinski definition) is 0. The lowest BCUT2D eigenvalue weighted by Crippen LogP contribution is -2.45. The molecule has 1 N–H and O–H groups in total. The van der Waals surface area contributed by atoms with Crippen molar-refractivity contribution in [2.24, 2.45) is 11.8 Å². The minimum Gasteiger partial charge on any atom is -0.250 e. The molecule has 1 heterocycles. The Morgan fingerprint density at radius 3 is 2.00 bits per heavy atom. The molecule has 2 unspecified atom stereocenters. The van der Waals surface area contributed by atoms with Crippen LogP contribution in [0.5, 0.6) is 0 Å². The summed E-state index contributed by atoms with van der Waals surface area (Å²) in [6.07, 6.45) is 23.0. The van der Waals surface area contributed by atoms with E-state index in [4.69, 9.17) is 0 Å². The van der Waals surface area contributed by atoms with Crippen LogP contribution in [-0.4, -0.2) is 4.98 Å². The Labute approximate surface area is 180 Å². The van der Waals surface area contributed by atoms with Gasteiger partial charge in [0.15, 0.2) is 0 Å². The second-order valence-electron chi connectivity index (χ2n) is 9.21. The van der Waals surface area contributed by atoms with Gasteiger partial charge in [-0.25, -0.2) is 4.57 Å². The van der Waals surface area contributed by atoms with Crippen molar-refractivity contribution < 1.29 is 4.57 Å². The molecule has 0 amide bonds. The molecule has 0 fully saturated rings. The molecule has 0 aliphatic rings. The molecule has 1 aromatic heterocycles. The highest BCUT2D eigenvalue weighted by molar-refractivity contribution is 5.15. The first kappa shape index (κ1) is 23.7. The fourth-order valence-corrected chi connectivity index (χ4v) is 4.82. The molecule has 2 rings (SSSR count). The van der Waals surface area contributed by atoms with Crippen LogP contribution in [0, 0.1) is 11.8 Å². The number of aromatic amines is 1. The highest BCUT2D eigenvalue weighted by Gasteiger charge is 2.29. The minimum atomic E-state index is 0.556. The van der Waals surface area contributed by atoms with Gasteiger partial charge in [-0.05, 0) is 24.3 Å². The second-order valence-corrected chi connectivity index (χ2v) is 9.21. The van der Waals surface area contributed by atoms with Crippen LogP contribution >= 0.6 is 0 Å². The first-order valence-corrected chi connectivity index (χ1v) is 12.3. The maximum absolute atomic E-state index is 3.26. The average Bonchev–Trinajstić information content (AvgIpc) is 3.24. The number of unbranched alkanes of at least 4 members (excludes halogenated alkanes) is 9. The van der Waals surface area contributed by atoms with Gasteiger partial charge in [0.05, 0.1) is 0 Å². The van der Waals surface area contributed by atoms with E-state index in [9.17, 15) is 0 Å². The molecule has 1 aromatic carbocycles. The van der Waals surface area contributed by atoms with E-state index in [2.05, 4.69) is 79.4 Å². The fraction of sp³-hybridized carbons (Fsp3) is 0.667. The molecule has 2 heteroatoms. The Hall–Kier alpha value is -1.57. The second kappa shape index (κ2) is 14.4. The van der Waals surface area contributed by atoms with Crippen molar-refractivity contribution in [3.05, 3.63) is 54.6 Å². The van der Waals surface area contributed by atoms with Gasteiger partial charge in [-0.1, -0.05) is 115 Å². The number of H-pyrrole nitrogens is 1. The third kappa shape index (κ3) is 9.19. The third-order valence-electron chi connectivity index (χ3n) is 6.35. The van der Waals surface area contributed by atoms with Crippen LogP contribution in [0.3, 0.4) is 0 Å². The molecular formula is C27H45N2+. The normalized spacial score (nSPS) is 13.7. The van der Waals surface area contributed by atoms with Gasteiger partial charge >= 0.3 is 0 Å². The fourth-order valence-electron chi connectivity index (χ4n) is 4.82. The van der Waals surface area contributed by atoms with E-state index in [0.29, 0.717) is 17.9 Å². The summed E-state index contributed by atoms with van der Waals surface area (Å²) in [5, 5.41) is 0. The maximum atomic E-state index is 3.26. The Morgan fingerprint density at radius 1 is 0.828 bits per heavy atom. The summed E-state index contributed by atoms with van der Waals surface area (Å²) in [6.45, 7) is 7.05. The molecular weight excluding hydrogens is 352 g/mol. The van der Waals surface area contributed by atoms with Crippen molar-refractivity contribution in [2.75, 3.05) is 0 Å². The van der Waals surface area contributed by atoms with Crippen molar-refractivity contribution >= 4 is 0 Å². The van der Waals surface area contributed by atoms with Gasteiger partial charge in [0.25, 0.3) is 0 Å². The number of hydrogen-bond donors (Lipinski definition) is 1. The molecule has 29 heavy (non-hydrogen) atoms. The van der Waals surface area contributed by atoms with Gasteiger partial charge in [0.1, 0.15) is 18.4 Å². The van der Waals surface area contributed by atoms with E-state index in [-0.39, 0.29) is 0 Å². The number of imidazole rings is 1. The Bertz CT molecular complexity index is 603. The van der Waals surface area contributed by atoms with Crippen molar-refractivity contribution in [3.8, 4) is 0 Å². The average molecular weight is 398 g/mol. The zero-order valence-corrected chi connectivity index (χ0v) is 19.3. The van der Waals surface area contributed by atoms with Crippen molar-refractivity contribution in [3.63, 3.8) is 0 Å². The Balaban J connectivity index is 1.81. The summed E-state index contributed by atoms with van der Waals surface area (Å²) in [4.78, 5) is 3.26. The number of rotatable bonds is 16. The highest BCUT2D eigenvalue weighted by Crippen LogP contribution is 2.29. The van der Waals surface area contributed by atoms with E-state index in [0.717, 1.165) is 0 Å². The van der Waals surface area contributed by atoms with Crippen molar-refractivity contribution in [1.29, 1.82) is 0 Å². The number of nitrogens with zero attached hydrogens (tertiary/aromatic N) is 1. The SMILES string of the molecule is CCCCCCCCCCCCC(Cc1ccccc1)C(C(C)C)[n+]1cc[nH]c1. The Morgan fingerprint density at radius 2 is 1.45 bits per heavy atom. The number of nitrogens with one attached hydrogen (secondary N) is 1. The molecule has 2 aromatic rings. The van der Waals surface area contributed by atoms with Crippen LogP contribution < -0.4 is 4.57 Å². The van der Waals surface area contributed by atoms with E-state index >= 15 is 0 Å². The number of aromatic nitrogens is 2. The zero-order chi connectivity index (χ0) is 20.7. The zero-order valence-electron chi connectivity index (χ0n) is 19.3. The molecule has 0 saturated carbocycles. The van der Waals surface area contributed by atoms with Crippen molar-refractivity contribution in [2.45, 2.75) is 104 Å². The minimum absolute atomic E-state index is 0.556. The van der Waals surface area contributed by atoms with Crippen LogP contribution in [0.25, 0.3) is 0 Å². The van der Waals surface area contributed by atoms with E-state index in [1.807, 2.05) is 0 Å². The quantitative estimate of drug-likeness (QED) is 0.221. The number of benzene rings is 1. The lowest BCUT2D eigenvalue weighted by Gasteiger charge is -2.28. The predicted molar refractivity (Wildman–Crippen MR) is 125 cm³/mol. The molecule has 0 spiro atoms. The molecule has 2 atom stereocenters. The van der Waals surface area contributed by atoms with E-state index < -0.39 is 0 Å². The van der Waals surface area contributed by atoms with Crippen LogP contribution in [-0.2, 0) is 6.42 Å². The van der Waals surface area contributed by atoms with Gasteiger partial charge < -0.3 is 0 Å². The molecule has 0 aliphatic carbocycles. The monoisotopic (exact) mass is 397 g/mol. The molecule has 2 nitrogen and oxygen atoms in total. The van der Waals surface area contributed by atoms with Crippen LogP contribution in [0.2, 0.25) is 0 Å². The van der Waals surface area contributed by atoms with Gasteiger partial charge in [0.2, 0.25) is 6.33 Å². The summed E-state index contributed by atoms with van der Waals surface area (Å²) in [5.41, 5.74) is 1.48. The van der Waals surface area contributed by atoms with Crippen LogP contribution in [0.15, 0.2) is 49.1 Å². The third-order valence-corrected chi connectivity index (χ3v) is 6.35. The van der Waals surface area contributed by atoms with Gasteiger partial charge in [-0.3, -0.25) is 4.98 Å². The molecule has 0 aliphatic heterocycles. The summed E-state index contributed by atoms with van der Waals surface area (Å²) >= 11 is 0. The van der Waals surface area contributed by atoms with Crippen LogP contribution in [0.1, 0.15) is 103 Å². The first-order valence-electron chi connectivity index (χ1n) is 12.3. The molecule has 0 radical (unpaired) electrons. The largest absolute Gasteiger partial charge is 0.250 e. The topological polar surface area (TPSA) is 19.7 Å². The summed E-state index contributed by atoms with van der Waals surface area (Å²) in [6, 6.07) is 11.6. The molecule has 0 bridgehead atoms. The summed E-state index contributed by atoms with van der Waals surface area (Å²) in [7, 11) is 0. The standard InChI is InChI=1S/C27H44N2/c1-4-5-6-7-8-9-10-11-12-16-19-26(22-25-17-14-13-15-18-25)27(24(2)3)29-21-20-28-23-29/h13-15,17-18,20-21,23-24,26-27H,4-12,16,19,22H2,1-3H3/p+1. The highest BCUT2D eigenvalue weighted by atomic mass is 15.1. The van der Waals surface area contributed by atoms with Crippen molar-refractivity contribution in [1.82, 2.24) is 4.98 Å². The van der Waals surface area contributed by atoms with Gasteiger partial charge in [0, 0.05) is 5.92 Å². The summed E-state index contributed by atoms with van der Waals surface area (Å²) in [5.74, 6) is 1.32. The van der Waals surface area contributed by atoms with E-state index in [1.54, 1.807) is 0 Å². The lowest BCUT2D eigenvalue weighted by atomic mass is 9.82. The predicted octanol–water partition coefficient (Wildman–Crippen LogP) is 7.67. The summed E-state index contributed by atoms with van der Waals surface area (Å²) < 4.78 is 2.41. The maximum Gasteiger partial charge on any atom is 0.241 e. The molecule has 162 valence electrons. The van der Waals surface area contributed by atoms with Crippen LogP contribution in [0.4, 0.5) is 0 Å². The van der Waals surface area contributed by atoms with E-state index in [1.165, 1.54) is 82.6 Å². The molecule has 0 saturated heterocycles.